The highest BCUT2D eigenvalue weighted by Crippen LogP contribution is 2.33. The largest absolute Gasteiger partial charge is 0.454 e. The Bertz CT molecular complexity index is 1820. The molecule has 13 heteroatoms. The summed E-state index contributed by atoms with van der Waals surface area (Å²) in [6.45, 7) is 1.88. The normalized spacial score (nSPS) is 11.9. The molecule has 0 fully saturated rings. The van der Waals surface area contributed by atoms with Gasteiger partial charge in [-0.15, -0.1) is 0 Å². The molecule has 1 aliphatic heterocycles. The fraction of sp³-hybridized carbons (Fsp3) is 0.226. The fourth-order valence-corrected chi connectivity index (χ4v) is 4.89. The molecule has 0 saturated heterocycles. The molecule has 0 unspecified atom stereocenters. The number of rotatable bonds is 10. The Balaban J connectivity index is 1.22. The van der Waals surface area contributed by atoms with Crippen LogP contribution in [0.2, 0.25) is 5.02 Å². The molecule has 11 nitrogen and oxygen atoms in total. The van der Waals surface area contributed by atoms with Gasteiger partial charge in [-0.3, -0.25) is 0 Å². The molecule has 3 heterocycles. The van der Waals surface area contributed by atoms with Gasteiger partial charge in [0.25, 0.3) is 0 Å². The second-order valence-corrected chi connectivity index (χ2v) is 10.8. The third-order valence-electron chi connectivity index (χ3n) is 7.13. The van der Waals surface area contributed by atoms with Gasteiger partial charge in [0.15, 0.2) is 28.5 Å². The van der Waals surface area contributed by atoms with Gasteiger partial charge in [-0.25, -0.2) is 14.2 Å². The van der Waals surface area contributed by atoms with Crippen LogP contribution in [-0.2, 0) is 13.1 Å². The van der Waals surface area contributed by atoms with E-state index in [1.807, 2.05) is 40.8 Å². The van der Waals surface area contributed by atoms with Gasteiger partial charge in [0.2, 0.25) is 12.7 Å². The topological polar surface area (TPSA) is 110 Å². The summed E-state index contributed by atoms with van der Waals surface area (Å²) < 4.78 is 26.7. The summed E-state index contributed by atoms with van der Waals surface area (Å²) in [6, 6.07) is 18.9. The van der Waals surface area contributed by atoms with Gasteiger partial charge in [0, 0.05) is 44.4 Å². The minimum absolute atomic E-state index is 0.203. The van der Waals surface area contributed by atoms with Crippen molar-refractivity contribution in [1.82, 2.24) is 24.4 Å². The van der Waals surface area contributed by atoms with Crippen molar-refractivity contribution in [2.45, 2.75) is 13.1 Å². The fourth-order valence-electron chi connectivity index (χ4n) is 4.70. The molecule has 0 aliphatic carbocycles. The highest BCUT2D eigenvalue weighted by molar-refractivity contribution is 6.30. The molecule has 2 N–H and O–H groups in total. The van der Waals surface area contributed by atoms with Crippen molar-refractivity contribution in [2.75, 3.05) is 49.5 Å². The van der Waals surface area contributed by atoms with Crippen LogP contribution in [0.1, 0.15) is 11.1 Å². The molecule has 6 rings (SSSR count). The maximum atomic E-state index is 13.9. The first-order valence-corrected chi connectivity index (χ1v) is 14.3. The molecule has 1 aliphatic rings. The maximum absolute atomic E-state index is 13.9. The maximum Gasteiger partial charge on any atom is 0.321 e. The number of urea groups is 1. The van der Waals surface area contributed by atoms with Crippen molar-refractivity contribution in [1.29, 1.82) is 0 Å². The summed E-state index contributed by atoms with van der Waals surface area (Å²) in [7, 11) is 3.57. The summed E-state index contributed by atoms with van der Waals surface area (Å²) in [4.78, 5) is 30.4. The van der Waals surface area contributed by atoms with Gasteiger partial charge in [-0.2, -0.15) is 9.97 Å². The van der Waals surface area contributed by atoms with Crippen molar-refractivity contribution in [3.05, 3.63) is 95.0 Å². The van der Waals surface area contributed by atoms with Gasteiger partial charge >= 0.3 is 6.03 Å². The lowest BCUT2D eigenvalue weighted by molar-refractivity contribution is 0.174. The second kappa shape index (κ2) is 12.6. The van der Waals surface area contributed by atoms with Gasteiger partial charge in [-0.05, 0) is 53.6 Å². The lowest BCUT2D eigenvalue weighted by atomic mass is 10.2. The number of benzene rings is 3. The molecule has 0 saturated carbocycles. The number of anilines is 3. The molecule has 0 radical (unpaired) electrons. The van der Waals surface area contributed by atoms with Crippen LogP contribution in [0.3, 0.4) is 0 Å². The number of amides is 2. The lowest BCUT2D eigenvalue weighted by Gasteiger charge is -2.23. The zero-order valence-corrected chi connectivity index (χ0v) is 24.9. The standard InChI is InChI=1S/C31H30ClFN8O3/c1-39(11-12-40(2)31(42)36-24-8-4-6-22(32)15-24)30-37-28(34-16-20-9-10-25-26(14-20)44-19-43-25)27-29(38-30)41(18-35-27)17-21-5-3-7-23(33)13-21/h3-10,13-15,18H,11-12,16-17,19H2,1-2H3,(H,36,42)(H,34,37,38). The summed E-state index contributed by atoms with van der Waals surface area (Å²) >= 11 is 6.04. The minimum Gasteiger partial charge on any atom is -0.454 e. The summed E-state index contributed by atoms with van der Waals surface area (Å²) in [5.41, 5.74) is 3.53. The van der Waals surface area contributed by atoms with E-state index in [2.05, 4.69) is 15.6 Å². The number of ether oxygens (including phenoxy) is 2. The van der Waals surface area contributed by atoms with Crippen LogP contribution in [-0.4, -0.2) is 64.4 Å². The Morgan fingerprint density at radius 2 is 1.84 bits per heavy atom. The Hall–Kier alpha value is -5.10. The number of imidazole rings is 1. The highest BCUT2D eigenvalue weighted by Gasteiger charge is 2.18. The number of hydrogen-bond donors (Lipinski definition) is 2. The summed E-state index contributed by atoms with van der Waals surface area (Å²) in [5.74, 6) is 2.08. The zero-order chi connectivity index (χ0) is 30.6. The van der Waals surface area contributed by atoms with Gasteiger partial charge in [0.05, 0.1) is 12.9 Å². The molecule has 2 aromatic heterocycles. The van der Waals surface area contributed by atoms with Crippen LogP contribution in [0.4, 0.5) is 26.6 Å². The van der Waals surface area contributed by atoms with E-state index in [1.54, 1.807) is 48.6 Å². The first kappa shape index (κ1) is 29.0. The molecule has 2 amide bonds. The van der Waals surface area contributed by atoms with E-state index in [0.717, 1.165) is 11.1 Å². The number of carbonyl (C=O) groups is 1. The molecule has 3 aromatic carbocycles. The highest BCUT2D eigenvalue weighted by atomic mass is 35.5. The van der Waals surface area contributed by atoms with Crippen molar-refractivity contribution in [3.8, 4) is 11.5 Å². The van der Waals surface area contributed by atoms with E-state index in [1.165, 1.54) is 12.1 Å². The number of likely N-dealkylation sites (N-methyl/N-ethyl adjacent to an activating group) is 2. The van der Waals surface area contributed by atoms with Crippen molar-refractivity contribution in [2.24, 2.45) is 0 Å². The van der Waals surface area contributed by atoms with E-state index in [4.69, 9.17) is 31.0 Å². The van der Waals surface area contributed by atoms with Crippen LogP contribution in [0, 0.1) is 5.82 Å². The number of halogens is 2. The third-order valence-corrected chi connectivity index (χ3v) is 7.36. The second-order valence-electron chi connectivity index (χ2n) is 10.4. The Morgan fingerprint density at radius 3 is 2.68 bits per heavy atom. The summed E-state index contributed by atoms with van der Waals surface area (Å²) in [5, 5.41) is 6.78. The molecule has 0 bridgehead atoms. The van der Waals surface area contributed by atoms with E-state index < -0.39 is 0 Å². The van der Waals surface area contributed by atoms with E-state index in [0.29, 0.717) is 71.3 Å². The van der Waals surface area contributed by atoms with Gasteiger partial charge in [0.1, 0.15) is 5.82 Å². The van der Waals surface area contributed by atoms with E-state index in [-0.39, 0.29) is 18.6 Å². The molecule has 44 heavy (non-hydrogen) atoms. The molecular formula is C31H30ClFN8O3. The molecule has 226 valence electrons. The number of carbonyl (C=O) groups excluding carboxylic acids is 1. The Morgan fingerprint density at radius 1 is 1.00 bits per heavy atom. The number of aromatic nitrogens is 4. The van der Waals surface area contributed by atoms with Crippen LogP contribution in [0.25, 0.3) is 11.2 Å². The van der Waals surface area contributed by atoms with Crippen LogP contribution in [0.5, 0.6) is 11.5 Å². The smallest absolute Gasteiger partial charge is 0.321 e. The first-order valence-electron chi connectivity index (χ1n) is 13.9. The minimum atomic E-state index is -0.309. The number of nitrogens with zero attached hydrogens (tertiary/aromatic N) is 6. The van der Waals surface area contributed by atoms with Gasteiger partial charge in [-0.1, -0.05) is 35.9 Å². The zero-order valence-electron chi connectivity index (χ0n) is 24.1. The Labute approximate surface area is 258 Å². The Kier molecular flexibility index (Phi) is 8.33. The average molecular weight is 617 g/mol. The van der Waals surface area contributed by atoms with Gasteiger partial charge < -0.3 is 34.5 Å². The van der Waals surface area contributed by atoms with Crippen LogP contribution < -0.4 is 25.0 Å². The molecule has 5 aromatic rings. The number of fused-ring (bicyclic) bond motifs is 2. The monoisotopic (exact) mass is 616 g/mol. The molecule has 0 spiro atoms. The molecular weight excluding hydrogens is 587 g/mol. The predicted octanol–water partition coefficient (Wildman–Crippen LogP) is 5.61. The van der Waals surface area contributed by atoms with Crippen molar-refractivity contribution in [3.63, 3.8) is 0 Å². The van der Waals surface area contributed by atoms with Crippen molar-refractivity contribution < 1.29 is 18.7 Å². The number of nitrogens with one attached hydrogen (secondary N) is 2. The van der Waals surface area contributed by atoms with Crippen LogP contribution in [0.15, 0.2) is 73.1 Å². The summed E-state index contributed by atoms with van der Waals surface area (Å²) in [6.07, 6.45) is 1.67. The molecule has 0 atom stereocenters. The third kappa shape index (κ3) is 6.60. The lowest BCUT2D eigenvalue weighted by Crippen LogP contribution is -2.37. The number of hydrogen-bond acceptors (Lipinski definition) is 8. The average Bonchev–Trinajstić information content (AvgIpc) is 3.65. The first-order chi connectivity index (χ1) is 21.3. The SMILES string of the molecule is CN(CCN(C)c1nc(NCc2ccc3c(c2)OCO3)c2ncn(Cc3cccc(F)c3)c2n1)C(=O)Nc1cccc(Cl)c1. The predicted molar refractivity (Wildman–Crippen MR) is 167 cm³/mol. The van der Waals surface area contributed by atoms with E-state index in [9.17, 15) is 9.18 Å². The van der Waals surface area contributed by atoms with E-state index >= 15 is 0 Å². The van der Waals surface area contributed by atoms with Crippen LogP contribution >= 0.6 is 11.6 Å². The van der Waals surface area contributed by atoms with Crippen molar-refractivity contribution >= 4 is 46.2 Å². The quantitative estimate of drug-likeness (QED) is 0.208.